The number of carbonyl (C=O) groups excluding carboxylic acids is 1. The van der Waals surface area contributed by atoms with Crippen LogP contribution in [0.3, 0.4) is 0 Å². The van der Waals surface area contributed by atoms with Crippen molar-refractivity contribution in [1.29, 1.82) is 0 Å². The number of nitrogens with one attached hydrogen (secondary N) is 1. The Morgan fingerprint density at radius 3 is 2.73 bits per heavy atom. The summed E-state index contributed by atoms with van der Waals surface area (Å²) in [4.78, 5) is 11.9. The third-order valence-electron chi connectivity index (χ3n) is 2.80. The second-order valence-electron chi connectivity index (χ2n) is 4.77. The van der Waals surface area contributed by atoms with Crippen molar-refractivity contribution < 1.29 is 9.53 Å². The number of nitrogens with two attached hydrogens (primary N) is 1. The highest BCUT2D eigenvalue weighted by Gasteiger charge is 2.38. The number of rotatable bonds is 4. The molecule has 3 atom stereocenters. The topological polar surface area (TPSA) is 64.3 Å². The highest BCUT2D eigenvalue weighted by atomic mass is 16.5. The van der Waals surface area contributed by atoms with Crippen LogP contribution in [0.1, 0.15) is 40.0 Å². The van der Waals surface area contributed by atoms with Gasteiger partial charge in [0, 0.05) is 18.7 Å². The van der Waals surface area contributed by atoms with Gasteiger partial charge in [-0.25, -0.2) is 0 Å². The number of hydrogen-bond acceptors (Lipinski definition) is 3. The number of carbonyl (C=O) groups is 1. The van der Waals surface area contributed by atoms with Crippen LogP contribution in [-0.4, -0.2) is 30.2 Å². The lowest BCUT2D eigenvalue weighted by atomic mass is 10.0. The van der Waals surface area contributed by atoms with Crippen molar-refractivity contribution in [1.82, 2.24) is 5.32 Å². The number of hydrogen-bond donors (Lipinski definition) is 2. The Morgan fingerprint density at radius 1 is 1.60 bits per heavy atom. The summed E-state index contributed by atoms with van der Waals surface area (Å²) in [6.07, 6.45) is 2.57. The van der Waals surface area contributed by atoms with Gasteiger partial charge in [0.2, 0.25) is 0 Å². The molecule has 0 aromatic rings. The molecule has 1 saturated heterocycles. The van der Waals surface area contributed by atoms with Gasteiger partial charge in [0.05, 0.1) is 0 Å². The fourth-order valence-corrected chi connectivity index (χ4v) is 1.95. The van der Waals surface area contributed by atoms with Crippen LogP contribution >= 0.6 is 0 Å². The van der Waals surface area contributed by atoms with Gasteiger partial charge in [-0.3, -0.25) is 4.79 Å². The zero-order valence-electron chi connectivity index (χ0n) is 9.88. The molecule has 88 valence electrons. The summed E-state index contributed by atoms with van der Waals surface area (Å²) in [5.74, 6) is -0.00634. The monoisotopic (exact) mass is 214 g/mol. The first-order chi connectivity index (χ1) is 6.94. The molecule has 4 heteroatoms. The van der Waals surface area contributed by atoms with E-state index in [1.54, 1.807) is 0 Å². The molecule has 0 bridgehead atoms. The van der Waals surface area contributed by atoms with Crippen molar-refractivity contribution in [2.75, 3.05) is 6.61 Å². The van der Waals surface area contributed by atoms with E-state index in [1.807, 2.05) is 20.8 Å². The molecule has 0 aliphatic carbocycles. The minimum atomic E-state index is -0.619. The van der Waals surface area contributed by atoms with Crippen molar-refractivity contribution in [2.45, 2.75) is 57.7 Å². The smallest absolute Gasteiger partial charge is 0.252 e. The van der Waals surface area contributed by atoms with E-state index in [4.69, 9.17) is 10.5 Å². The largest absolute Gasteiger partial charge is 0.365 e. The Labute approximate surface area is 91.5 Å². The summed E-state index contributed by atoms with van der Waals surface area (Å²) in [5.41, 5.74) is 5.05. The first-order valence-corrected chi connectivity index (χ1v) is 5.64. The van der Waals surface area contributed by atoms with Gasteiger partial charge in [0.15, 0.2) is 0 Å². The summed E-state index contributed by atoms with van der Waals surface area (Å²) in [6, 6.07) is 0.219. The minimum Gasteiger partial charge on any atom is -0.365 e. The Hall–Kier alpha value is -0.610. The van der Waals surface area contributed by atoms with Crippen LogP contribution in [-0.2, 0) is 9.53 Å². The molecule has 0 aromatic carbocycles. The predicted molar refractivity (Wildman–Crippen MR) is 59.5 cm³/mol. The third-order valence-corrected chi connectivity index (χ3v) is 2.80. The van der Waals surface area contributed by atoms with E-state index >= 15 is 0 Å². The van der Waals surface area contributed by atoms with Crippen LogP contribution in [0, 0.1) is 0 Å². The standard InChI is InChI=1S/C11H22N2O2/c1-8(12)7-9(2)13-10(14)11(3)5-4-6-15-11/h8-9H,4-7,12H2,1-3H3,(H,13,14). The van der Waals surface area contributed by atoms with Gasteiger partial charge in [0.25, 0.3) is 5.91 Å². The lowest BCUT2D eigenvalue weighted by Gasteiger charge is -2.25. The maximum absolute atomic E-state index is 11.9. The molecule has 1 rings (SSSR count). The van der Waals surface area contributed by atoms with Crippen molar-refractivity contribution in [3.05, 3.63) is 0 Å². The average Bonchev–Trinajstić information content (AvgIpc) is 2.51. The fraction of sp³-hybridized carbons (Fsp3) is 0.909. The predicted octanol–water partition coefficient (Wildman–Crippen LogP) is 0.797. The summed E-state index contributed by atoms with van der Waals surface area (Å²) in [5, 5.41) is 2.95. The van der Waals surface area contributed by atoms with Gasteiger partial charge >= 0.3 is 0 Å². The number of amides is 1. The van der Waals surface area contributed by atoms with E-state index in [0.29, 0.717) is 6.61 Å². The lowest BCUT2D eigenvalue weighted by molar-refractivity contribution is -0.140. The van der Waals surface area contributed by atoms with E-state index in [0.717, 1.165) is 19.3 Å². The quantitative estimate of drug-likeness (QED) is 0.727. The first-order valence-electron chi connectivity index (χ1n) is 5.64. The zero-order chi connectivity index (χ0) is 11.5. The van der Waals surface area contributed by atoms with E-state index in [9.17, 15) is 4.79 Å². The van der Waals surface area contributed by atoms with Gasteiger partial charge in [-0.2, -0.15) is 0 Å². The molecule has 1 heterocycles. The zero-order valence-corrected chi connectivity index (χ0v) is 9.88. The maximum Gasteiger partial charge on any atom is 0.252 e. The van der Waals surface area contributed by atoms with Gasteiger partial charge in [-0.15, -0.1) is 0 Å². The Balaban J connectivity index is 2.40. The Bertz CT molecular complexity index is 223. The van der Waals surface area contributed by atoms with Crippen molar-refractivity contribution in [3.8, 4) is 0 Å². The highest BCUT2D eigenvalue weighted by molar-refractivity contribution is 5.85. The molecule has 1 amide bonds. The van der Waals surface area contributed by atoms with E-state index in [-0.39, 0.29) is 18.0 Å². The van der Waals surface area contributed by atoms with Crippen molar-refractivity contribution in [3.63, 3.8) is 0 Å². The van der Waals surface area contributed by atoms with E-state index in [2.05, 4.69) is 5.32 Å². The number of ether oxygens (including phenoxy) is 1. The molecule has 3 unspecified atom stereocenters. The minimum absolute atomic E-state index is 0.00634. The fourth-order valence-electron chi connectivity index (χ4n) is 1.95. The molecule has 15 heavy (non-hydrogen) atoms. The summed E-state index contributed by atoms with van der Waals surface area (Å²) in [7, 11) is 0. The maximum atomic E-state index is 11.9. The molecular weight excluding hydrogens is 192 g/mol. The lowest BCUT2D eigenvalue weighted by Crippen LogP contribution is -2.48. The molecule has 3 N–H and O–H groups in total. The van der Waals surface area contributed by atoms with Crippen LogP contribution in [0.4, 0.5) is 0 Å². The van der Waals surface area contributed by atoms with Gasteiger partial charge < -0.3 is 15.8 Å². The van der Waals surface area contributed by atoms with Gasteiger partial charge in [-0.05, 0) is 40.0 Å². The van der Waals surface area contributed by atoms with Crippen LogP contribution in [0.25, 0.3) is 0 Å². The Kier molecular flexibility index (Phi) is 4.11. The molecule has 0 radical (unpaired) electrons. The normalized spacial score (nSPS) is 29.9. The highest BCUT2D eigenvalue weighted by Crippen LogP contribution is 2.25. The summed E-state index contributed by atoms with van der Waals surface area (Å²) < 4.78 is 5.46. The van der Waals surface area contributed by atoms with E-state index < -0.39 is 5.60 Å². The molecular formula is C11H22N2O2. The van der Waals surface area contributed by atoms with Crippen LogP contribution in [0.5, 0.6) is 0 Å². The van der Waals surface area contributed by atoms with Crippen molar-refractivity contribution in [2.24, 2.45) is 5.73 Å². The third kappa shape index (κ3) is 3.47. The van der Waals surface area contributed by atoms with E-state index in [1.165, 1.54) is 0 Å². The first kappa shape index (κ1) is 12.5. The second kappa shape index (κ2) is 4.94. The van der Waals surface area contributed by atoms with Gasteiger partial charge in [-0.1, -0.05) is 0 Å². The summed E-state index contributed by atoms with van der Waals surface area (Å²) in [6.45, 7) is 6.45. The molecule has 1 aliphatic rings. The van der Waals surface area contributed by atoms with Gasteiger partial charge in [0.1, 0.15) is 5.60 Å². The average molecular weight is 214 g/mol. The molecule has 0 spiro atoms. The molecule has 1 aliphatic heterocycles. The molecule has 4 nitrogen and oxygen atoms in total. The van der Waals surface area contributed by atoms with Crippen molar-refractivity contribution >= 4 is 5.91 Å². The SMILES string of the molecule is CC(N)CC(C)NC(=O)C1(C)CCCO1. The van der Waals surface area contributed by atoms with Crippen LogP contribution in [0.2, 0.25) is 0 Å². The Morgan fingerprint density at radius 2 is 2.27 bits per heavy atom. The second-order valence-corrected chi connectivity index (χ2v) is 4.77. The molecule has 0 aromatic heterocycles. The van der Waals surface area contributed by atoms with Crippen LogP contribution in [0.15, 0.2) is 0 Å². The molecule has 1 fully saturated rings. The van der Waals surface area contributed by atoms with Crippen LogP contribution < -0.4 is 11.1 Å². The summed E-state index contributed by atoms with van der Waals surface area (Å²) >= 11 is 0. The molecule has 0 saturated carbocycles.